The van der Waals surface area contributed by atoms with Crippen molar-refractivity contribution in [3.8, 4) is 0 Å². The molecule has 0 heterocycles. The Labute approximate surface area is 63.3 Å². The molecule has 1 saturated carbocycles. The van der Waals surface area contributed by atoms with Gasteiger partial charge in [-0.05, 0) is 43.4 Å². The van der Waals surface area contributed by atoms with E-state index < -0.39 is 0 Å². The van der Waals surface area contributed by atoms with Crippen molar-refractivity contribution in [2.24, 2.45) is 17.8 Å². The van der Waals surface area contributed by atoms with Crippen LogP contribution < -0.4 is 0 Å². The summed E-state index contributed by atoms with van der Waals surface area (Å²) >= 11 is 0. The molecular weight excluding hydrogens is 120 g/mol. The maximum absolute atomic E-state index is 2.46. The van der Waals surface area contributed by atoms with Crippen molar-refractivity contribution in [3.05, 3.63) is 12.2 Å². The standard InChI is InChI=1S/C10H16/c1-8-9-4-2-3-5-10(8)7-6-9/h2,4,8-10H,3,5-7H2,1H3/t8-,9+,10-/m0/s1. The zero-order valence-electron chi connectivity index (χ0n) is 6.72. The fourth-order valence-corrected chi connectivity index (χ4v) is 2.54. The lowest BCUT2D eigenvalue weighted by molar-refractivity contribution is 0.370. The lowest BCUT2D eigenvalue weighted by atomic mass is 9.91. The Balaban J connectivity index is 2.17. The van der Waals surface area contributed by atoms with Gasteiger partial charge in [-0.25, -0.2) is 0 Å². The first-order valence-electron chi connectivity index (χ1n) is 4.54. The van der Waals surface area contributed by atoms with Gasteiger partial charge in [-0.1, -0.05) is 19.1 Å². The summed E-state index contributed by atoms with van der Waals surface area (Å²) in [6.07, 6.45) is 10.6. The highest BCUT2D eigenvalue weighted by molar-refractivity contribution is 5.00. The Kier molecular flexibility index (Phi) is 1.55. The van der Waals surface area contributed by atoms with E-state index in [1.165, 1.54) is 25.7 Å². The van der Waals surface area contributed by atoms with Crippen molar-refractivity contribution in [1.82, 2.24) is 0 Å². The minimum absolute atomic E-state index is 0.937. The normalized spacial score (nSPS) is 45.5. The fourth-order valence-electron chi connectivity index (χ4n) is 2.54. The van der Waals surface area contributed by atoms with Crippen LogP contribution in [-0.4, -0.2) is 0 Å². The van der Waals surface area contributed by atoms with E-state index in [2.05, 4.69) is 19.1 Å². The highest BCUT2D eigenvalue weighted by Crippen LogP contribution is 2.41. The average molecular weight is 136 g/mol. The van der Waals surface area contributed by atoms with Crippen LogP contribution in [-0.2, 0) is 0 Å². The highest BCUT2D eigenvalue weighted by Gasteiger charge is 2.31. The largest absolute Gasteiger partial charge is 0.0882 e. The third-order valence-corrected chi connectivity index (χ3v) is 3.38. The van der Waals surface area contributed by atoms with E-state index in [1.807, 2.05) is 0 Å². The van der Waals surface area contributed by atoms with Crippen LogP contribution in [0.15, 0.2) is 12.2 Å². The quantitative estimate of drug-likeness (QED) is 0.449. The molecule has 0 heteroatoms. The van der Waals surface area contributed by atoms with Crippen LogP contribution in [0.1, 0.15) is 32.6 Å². The van der Waals surface area contributed by atoms with E-state index in [0.29, 0.717) is 0 Å². The minimum Gasteiger partial charge on any atom is -0.0882 e. The third-order valence-electron chi connectivity index (χ3n) is 3.38. The van der Waals surface area contributed by atoms with Crippen molar-refractivity contribution in [2.75, 3.05) is 0 Å². The summed E-state index contributed by atoms with van der Waals surface area (Å²) in [5.41, 5.74) is 0. The van der Waals surface area contributed by atoms with E-state index in [4.69, 9.17) is 0 Å². The second kappa shape index (κ2) is 2.41. The van der Waals surface area contributed by atoms with Gasteiger partial charge in [-0.3, -0.25) is 0 Å². The molecule has 0 saturated heterocycles. The van der Waals surface area contributed by atoms with E-state index in [0.717, 1.165) is 17.8 Å². The van der Waals surface area contributed by atoms with Gasteiger partial charge in [0.05, 0.1) is 0 Å². The number of hydrogen-bond acceptors (Lipinski definition) is 0. The molecule has 0 nitrogen and oxygen atoms in total. The molecule has 0 spiro atoms. The first-order valence-corrected chi connectivity index (χ1v) is 4.54. The molecule has 0 unspecified atom stereocenters. The predicted molar refractivity (Wildman–Crippen MR) is 43.8 cm³/mol. The van der Waals surface area contributed by atoms with Crippen LogP contribution in [0.5, 0.6) is 0 Å². The zero-order chi connectivity index (χ0) is 6.97. The van der Waals surface area contributed by atoms with Crippen molar-refractivity contribution in [1.29, 1.82) is 0 Å². The van der Waals surface area contributed by atoms with Gasteiger partial charge >= 0.3 is 0 Å². The van der Waals surface area contributed by atoms with Gasteiger partial charge in [-0.15, -0.1) is 0 Å². The smallest absolute Gasteiger partial charge is 0.0205 e. The molecule has 10 heavy (non-hydrogen) atoms. The summed E-state index contributed by atoms with van der Waals surface area (Å²) in [6, 6.07) is 0. The van der Waals surface area contributed by atoms with E-state index in [1.54, 1.807) is 0 Å². The molecule has 0 aromatic carbocycles. The van der Waals surface area contributed by atoms with Crippen molar-refractivity contribution >= 4 is 0 Å². The lowest BCUT2D eigenvalue weighted by Crippen LogP contribution is -2.06. The van der Waals surface area contributed by atoms with Gasteiger partial charge in [0, 0.05) is 0 Å². The molecule has 0 aromatic heterocycles. The Hall–Kier alpha value is -0.260. The summed E-state index contributed by atoms with van der Waals surface area (Å²) in [5, 5.41) is 0. The van der Waals surface area contributed by atoms with E-state index in [9.17, 15) is 0 Å². The number of rotatable bonds is 0. The third kappa shape index (κ3) is 0.902. The molecule has 2 bridgehead atoms. The van der Waals surface area contributed by atoms with Gasteiger partial charge < -0.3 is 0 Å². The summed E-state index contributed by atoms with van der Waals surface area (Å²) in [5.74, 6) is 2.98. The number of allylic oxidation sites excluding steroid dienone is 2. The van der Waals surface area contributed by atoms with Gasteiger partial charge in [0.2, 0.25) is 0 Å². The molecule has 0 aromatic rings. The van der Waals surface area contributed by atoms with E-state index in [-0.39, 0.29) is 0 Å². The van der Waals surface area contributed by atoms with Crippen LogP contribution in [0.25, 0.3) is 0 Å². The lowest BCUT2D eigenvalue weighted by Gasteiger charge is -2.14. The number of hydrogen-bond donors (Lipinski definition) is 0. The zero-order valence-corrected chi connectivity index (χ0v) is 6.72. The fraction of sp³-hybridized carbons (Fsp3) is 0.800. The summed E-state index contributed by atoms with van der Waals surface area (Å²) in [6.45, 7) is 2.43. The maximum atomic E-state index is 2.46. The summed E-state index contributed by atoms with van der Waals surface area (Å²) in [7, 11) is 0. The molecule has 0 N–H and O–H groups in total. The minimum atomic E-state index is 0.937. The number of fused-ring (bicyclic) bond motifs is 2. The first-order chi connectivity index (χ1) is 4.88. The molecule has 0 amide bonds. The average Bonchev–Trinajstić information content (AvgIpc) is 2.06. The Bertz CT molecular complexity index is 146. The highest BCUT2D eigenvalue weighted by atomic mass is 14.4. The topological polar surface area (TPSA) is 0 Å². The molecule has 56 valence electrons. The maximum Gasteiger partial charge on any atom is -0.0205 e. The van der Waals surface area contributed by atoms with Crippen LogP contribution in [0, 0.1) is 17.8 Å². The molecular formula is C10H16. The van der Waals surface area contributed by atoms with Crippen LogP contribution >= 0.6 is 0 Å². The first kappa shape index (κ1) is 6.45. The van der Waals surface area contributed by atoms with Crippen LogP contribution in [0.2, 0.25) is 0 Å². The molecule has 1 fully saturated rings. The second-order valence-electron chi connectivity index (χ2n) is 3.87. The van der Waals surface area contributed by atoms with Crippen molar-refractivity contribution < 1.29 is 0 Å². The van der Waals surface area contributed by atoms with Crippen LogP contribution in [0.4, 0.5) is 0 Å². The molecule has 2 rings (SSSR count). The molecule has 3 atom stereocenters. The molecule has 0 radical (unpaired) electrons. The monoisotopic (exact) mass is 136 g/mol. The molecule has 2 aliphatic rings. The summed E-state index contributed by atoms with van der Waals surface area (Å²) < 4.78 is 0. The Morgan fingerprint density at radius 1 is 1.20 bits per heavy atom. The van der Waals surface area contributed by atoms with Gasteiger partial charge in [0.25, 0.3) is 0 Å². The predicted octanol–water partition coefficient (Wildman–Crippen LogP) is 3.00. The second-order valence-corrected chi connectivity index (χ2v) is 3.87. The van der Waals surface area contributed by atoms with Gasteiger partial charge in [0.15, 0.2) is 0 Å². The Morgan fingerprint density at radius 2 is 2.10 bits per heavy atom. The van der Waals surface area contributed by atoms with Crippen molar-refractivity contribution in [2.45, 2.75) is 32.6 Å². The van der Waals surface area contributed by atoms with Crippen molar-refractivity contribution in [3.63, 3.8) is 0 Å². The van der Waals surface area contributed by atoms with Crippen LogP contribution in [0.3, 0.4) is 0 Å². The van der Waals surface area contributed by atoms with Gasteiger partial charge in [0.1, 0.15) is 0 Å². The summed E-state index contributed by atoms with van der Waals surface area (Å²) in [4.78, 5) is 0. The SMILES string of the molecule is C[C@@H]1[C@H]2CCC=C[C@@H]1CC2. The van der Waals surface area contributed by atoms with E-state index >= 15 is 0 Å². The van der Waals surface area contributed by atoms with Gasteiger partial charge in [-0.2, -0.15) is 0 Å². The Morgan fingerprint density at radius 3 is 3.00 bits per heavy atom. The molecule has 2 aliphatic carbocycles. The molecule has 0 aliphatic heterocycles.